The normalized spacial score (nSPS) is 10.7. The molecule has 1 heterocycles. The zero-order valence-electron chi connectivity index (χ0n) is 10.9. The van der Waals surface area contributed by atoms with Gasteiger partial charge in [0.2, 0.25) is 0 Å². The van der Waals surface area contributed by atoms with Gasteiger partial charge >= 0.3 is 0 Å². The second-order valence-corrected chi connectivity index (χ2v) is 4.74. The minimum Gasteiger partial charge on any atom is -0.394 e. The van der Waals surface area contributed by atoms with Crippen molar-refractivity contribution in [2.45, 2.75) is 19.8 Å². The first-order valence-corrected chi connectivity index (χ1v) is 6.44. The highest BCUT2D eigenvalue weighted by Gasteiger charge is 2.14. The first kappa shape index (κ1) is 13.7. The van der Waals surface area contributed by atoms with Gasteiger partial charge in [-0.1, -0.05) is 24.9 Å². The summed E-state index contributed by atoms with van der Waals surface area (Å²) in [6.07, 6.45) is 1.79. The van der Waals surface area contributed by atoms with Crippen LogP contribution in [0.1, 0.15) is 19.0 Å². The molecular weight excluding hydrogens is 267 g/mol. The van der Waals surface area contributed by atoms with Crippen LogP contribution in [-0.4, -0.2) is 9.78 Å². The minimum absolute atomic E-state index is 0.303. The SMILES string of the molecule is CCCc1nn(C)c(Nc2ccc(F)cc2Cl)c1N. The lowest BCUT2D eigenvalue weighted by molar-refractivity contribution is 0.628. The van der Waals surface area contributed by atoms with Crippen molar-refractivity contribution in [3.05, 3.63) is 34.7 Å². The van der Waals surface area contributed by atoms with Gasteiger partial charge in [0.1, 0.15) is 5.82 Å². The van der Waals surface area contributed by atoms with E-state index in [-0.39, 0.29) is 5.82 Å². The third kappa shape index (κ3) is 2.81. The van der Waals surface area contributed by atoms with Gasteiger partial charge < -0.3 is 11.1 Å². The molecule has 0 radical (unpaired) electrons. The molecule has 0 aliphatic heterocycles. The number of halogens is 2. The fourth-order valence-corrected chi connectivity index (χ4v) is 2.10. The van der Waals surface area contributed by atoms with E-state index in [0.29, 0.717) is 22.2 Å². The van der Waals surface area contributed by atoms with Crippen LogP contribution in [0.4, 0.5) is 21.6 Å². The molecule has 102 valence electrons. The van der Waals surface area contributed by atoms with E-state index in [9.17, 15) is 4.39 Å². The Balaban J connectivity index is 2.33. The van der Waals surface area contributed by atoms with Crippen LogP contribution in [0.25, 0.3) is 0 Å². The minimum atomic E-state index is -0.375. The second-order valence-electron chi connectivity index (χ2n) is 4.33. The van der Waals surface area contributed by atoms with Crippen molar-refractivity contribution >= 4 is 28.8 Å². The standard InChI is InChI=1S/C13H16ClFN4/c1-3-4-11-12(16)13(19(2)18-11)17-10-6-5-8(15)7-9(10)14/h5-7,17H,3-4,16H2,1-2H3. The van der Waals surface area contributed by atoms with Crippen molar-refractivity contribution in [2.24, 2.45) is 7.05 Å². The van der Waals surface area contributed by atoms with Crippen LogP contribution in [0.2, 0.25) is 5.02 Å². The molecule has 0 amide bonds. The van der Waals surface area contributed by atoms with Crippen LogP contribution >= 0.6 is 11.6 Å². The van der Waals surface area contributed by atoms with Crippen molar-refractivity contribution in [3.63, 3.8) is 0 Å². The molecule has 1 aromatic heterocycles. The fourth-order valence-electron chi connectivity index (χ4n) is 1.88. The fraction of sp³-hybridized carbons (Fsp3) is 0.308. The predicted molar refractivity (Wildman–Crippen MR) is 76.3 cm³/mol. The summed E-state index contributed by atoms with van der Waals surface area (Å²) in [5.41, 5.74) is 8.11. The lowest BCUT2D eigenvalue weighted by Crippen LogP contribution is -2.01. The predicted octanol–water partition coefficient (Wildman–Crippen LogP) is 3.49. The first-order valence-electron chi connectivity index (χ1n) is 6.06. The lowest BCUT2D eigenvalue weighted by Gasteiger charge is -2.09. The third-order valence-electron chi connectivity index (χ3n) is 2.83. The molecule has 0 fully saturated rings. The molecule has 0 bridgehead atoms. The summed E-state index contributed by atoms with van der Waals surface area (Å²) in [7, 11) is 1.80. The number of nitrogen functional groups attached to an aromatic ring is 1. The van der Waals surface area contributed by atoms with Crippen LogP contribution in [-0.2, 0) is 13.5 Å². The topological polar surface area (TPSA) is 55.9 Å². The molecule has 0 unspecified atom stereocenters. The molecule has 0 saturated carbocycles. The Morgan fingerprint density at radius 2 is 2.21 bits per heavy atom. The molecule has 4 nitrogen and oxygen atoms in total. The average molecular weight is 283 g/mol. The number of rotatable bonds is 4. The summed E-state index contributed by atoms with van der Waals surface area (Å²) < 4.78 is 14.7. The summed E-state index contributed by atoms with van der Waals surface area (Å²) in [6.45, 7) is 2.07. The molecule has 0 aliphatic carbocycles. The van der Waals surface area contributed by atoms with Crippen molar-refractivity contribution in [3.8, 4) is 0 Å². The van der Waals surface area contributed by atoms with Gasteiger partial charge in [-0.2, -0.15) is 5.10 Å². The summed E-state index contributed by atoms with van der Waals surface area (Å²) in [5.74, 6) is 0.289. The molecule has 2 aromatic rings. The number of anilines is 3. The molecule has 19 heavy (non-hydrogen) atoms. The van der Waals surface area contributed by atoms with Gasteiger partial charge in [0, 0.05) is 7.05 Å². The number of nitrogens with zero attached hydrogens (tertiary/aromatic N) is 2. The Hall–Kier alpha value is -1.75. The molecule has 0 spiro atoms. The van der Waals surface area contributed by atoms with E-state index in [1.807, 2.05) is 0 Å². The Bertz CT molecular complexity index is 595. The van der Waals surface area contributed by atoms with E-state index in [2.05, 4.69) is 17.3 Å². The third-order valence-corrected chi connectivity index (χ3v) is 3.14. The maximum absolute atomic E-state index is 13.0. The van der Waals surface area contributed by atoms with E-state index < -0.39 is 0 Å². The smallest absolute Gasteiger partial charge is 0.152 e. The van der Waals surface area contributed by atoms with Crippen molar-refractivity contribution in [2.75, 3.05) is 11.1 Å². The number of hydrogen-bond donors (Lipinski definition) is 2. The summed E-state index contributed by atoms with van der Waals surface area (Å²) in [5, 5.41) is 7.75. The quantitative estimate of drug-likeness (QED) is 0.902. The molecule has 3 N–H and O–H groups in total. The Morgan fingerprint density at radius 3 is 2.84 bits per heavy atom. The first-order chi connectivity index (χ1) is 9.02. The average Bonchev–Trinajstić information content (AvgIpc) is 2.60. The zero-order valence-corrected chi connectivity index (χ0v) is 11.6. The number of nitrogens with one attached hydrogen (secondary N) is 1. The van der Waals surface area contributed by atoms with Gasteiger partial charge in [-0.05, 0) is 24.6 Å². The Labute approximate surface area is 116 Å². The van der Waals surface area contributed by atoms with Gasteiger partial charge in [-0.3, -0.25) is 4.68 Å². The highest BCUT2D eigenvalue weighted by Crippen LogP contribution is 2.30. The number of aryl methyl sites for hydroxylation is 2. The van der Waals surface area contributed by atoms with Crippen LogP contribution in [0, 0.1) is 5.82 Å². The molecule has 0 atom stereocenters. The number of aromatic nitrogens is 2. The maximum atomic E-state index is 13.0. The van der Waals surface area contributed by atoms with E-state index in [1.165, 1.54) is 12.1 Å². The lowest BCUT2D eigenvalue weighted by atomic mass is 10.2. The van der Waals surface area contributed by atoms with Gasteiger partial charge in [0.15, 0.2) is 5.82 Å². The highest BCUT2D eigenvalue weighted by atomic mass is 35.5. The molecule has 2 rings (SSSR count). The largest absolute Gasteiger partial charge is 0.394 e. The monoisotopic (exact) mass is 282 g/mol. The number of nitrogens with two attached hydrogens (primary N) is 1. The highest BCUT2D eigenvalue weighted by molar-refractivity contribution is 6.33. The van der Waals surface area contributed by atoms with Gasteiger partial charge in [0.25, 0.3) is 0 Å². The zero-order chi connectivity index (χ0) is 14.0. The van der Waals surface area contributed by atoms with Gasteiger partial charge in [-0.25, -0.2) is 4.39 Å². The van der Waals surface area contributed by atoms with Gasteiger partial charge in [-0.15, -0.1) is 0 Å². The second kappa shape index (κ2) is 5.48. The van der Waals surface area contributed by atoms with Crippen LogP contribution < -0.4 is 11.1 Å². The molecular formula is C13H16ClFN4. The van der Waals surface area contributed by atoms with Crippen molar-refractivity contribution in [1.29, 1.82) is 0 Å². The number of hydrogen-bond acceptors (Lipinski definition) is 3. The Kier molecular flexibility index (Phi) is 3.95. The summed E-state index contributed by atoms with van der Waals surface area (Å²) in [6, 6.07) is 4.17. The van der Waals surface area contributed by atoms with Crippen LogP contribution in [0.3, 0.4) is 0 Å². The molecule has 0 aliphatic rings. The van der Waals surface area contributed by atoms with Crippen LogP contribution in [0.5, 0.6) is 0 Å². The van der Waals surface area contributed by atoms with Crippen molar-refractivity contribution < 1.29 is 4.39 Å². The molecule has 1 aromatic carbocycles. The van der Waals surface area contributed by atoms with E-state index in [0.717, 1.165) is 18.5 Å². The van der Waals surface area contributed by atoms with E-state index in [4.69, 9.17) is 17.3 Å². The summed E-state index contributed by atoms with van der Waals surface area (Å²) in [4.78, 5) is 0. The van der Waals surface area contributed by atoms with Crippen molar-refractivity contribution in [1.82, 2.24) is 9.78 Å². The van der Waals surface area contributed by atoms with Gasteiger partial charge in [0.05, 0.1) is 22.1 Å². The Morgan fingerprint density at radius 1 is 1.47 bits per heavy atom. The van der Waals surface area contributed by atoms with E-state index in [1.54, 1.807) is 17.8 Å². The molecule has 6 heteroatoms. The summed E-state index contributed by atoms with van der Waals surface area (Å²) >= 11 is 5.98. The number of benzene rings is 1. The maximum Gasteiger partial charge on any atom is 0.152 e. The molecule has 0 saturated heterocycles. The van der Waals surface area contributed by atoms with Crippen LogP contribution in [0.15, 0.2) is 18.2 Å². The van der Waals surface area contributed by atoms with E-state index >= 15 is 0 Å².